The number of halogens is 1. The molecule has 0 atom stereocenters. The van der Waals surface area contributed by atoms with E-state index in [0.29, 0.717) is 31.2 Å². The fraction of sp³-hybridized carbons (Fsp3) is 0.588. The minimum atomic E-state index is -0.280. The van der Waals surface area contributed by atoms with Crippen LogP contribution in [0.5, 0.6) is 5.75 Å². The normalized spacial score (nSPS) is 15.5. The van der Waals surface area contributed by atoms with Crippen LogP contribution in [0, 0.1) is 11.7 Å². The molecule has 122 valence electrons. The van der Waals surface area contributed by atoms with Crippen LogP contribution in [-0.4, -0.2) is 44.1 Å². The summed E-state index contributed by atoms with van der Waals surface area (Å²) in [5.41, 5.74) is 0. The Labute approximate surface area is 131 Å². The first-order valence-corrected chi connectivity index (χ1v) is 7.98. The van der Waals surface area contributed by atoms with Crippen LogP contribution in [0.25, 0.3) is 0 Å². The standard InChI is InChI=1S/C17H25FN2O2/c1-20(12-13-22-16-5-3-15(18)4-6-16)17(21)7-2-14-8-10-19-11-9-14/h3-6,14,19H,2,7-13H2,1H3. The number of hydrogen-bond acceptors (Lipinski definition) is 3. The number of rotatable bonds is 7. The summed E-state index contributed by atoms with van der Waals surface area (Å²) < 4.78 is 18.3. The highest BCUT2D eigenvalue weighted by Crippen LogP contribution is 2.18. The van der Waals surface area contributed by atoms with E-state index in [2.05, 4.69) is 5.32 Å². The van der Waals surface area contributed by atoms with Gasteiger partial charge in [-0.1, -0.05) is 0 Å². The number of hydrogen-bond donors (Lipinski definition) is 1. The number of carbonyl (C=O) groups is 1. The lowest BCUT2D eigenvalue weighted by molar-refractivity contribution is -0.130. The number of amides is 1. The molecule has 1 aliphatic rings. The SMILES string of the molecule is CN(CCOc1ccc(F)cc1)C(=O)CCC1CCNCC1. The molecule has 0 unspecified atom stereocenters. The van der Waals surface area contributed by atoms with Gasteiger partial charge in [-0.25, -0.2) is 4.39 Å². The molecule has 1 aromatic carbocycles. The van der Waals surface area contributed by atoms with Crippen LogP contribution in [-0.2, 0) is 4.79 Å². The molecule has 0 saturated carbocycles. The predicted octanol–water partition coefficient (Wildman–Crippen LogP) is 2.44. The molecule has 5 heteroatoms. The summed E-state index contributed by atoms with van der Waals surface area (Å²) in [5, 5.41) is 3.34. The Hall–Kier alpha value is -1.62. The molecule has 1 fully saturated rings. The van der Waals surface area contributed by atoms with Crippen molar-refractivity contribution in [3.63, 3.8) is 0 Å². The van der Waals surface area contributed by atoms with Gasteiger partial charge in [0.2, 0.25) is 5.91 Å². The van der Waals surface area contributed by atoms with Crippen LogP contribution in [0.4, 0.5) is 4.39 Å². The quantitative estimate of drug-likeness (QED) is 0.841. The highest BCUT2D eigenvalue weighted by molar-refractivity contribution is 5.75. The Balaban J connectivity index is 1.62. The summed E-state index contributed by atoms with van der Waals surface area (Å²) in [7, 11) is 1.80. The van der Waals surface area contributed by atoms with Gasteiger partial charge in [-0.15, -0.1) is 0 Å². The Morgan fingerprint density at radius 3 is 2.68 bits per heavy atom. The van der Waals surface area contributed by atoms with E-state index < -0.39 is 0 Å². The van der Waals surface area contributed by atoms with Gasteiger partial charge < -0.3 is 15.0 Å². The van der Waals surface area contributed by atoms with Crippen LogP contribution in [0.3, 0.4) is 0 Å². The van der Waals surface area contributed by atoms with Crippen molar-refractivity contribution in [2.45, 2.75) is 25.7 Å². The van der Waals surface area contributed by atoms with Crippen LogP contribution >= 0.6 is 0 Å². The van der Waals surface area contributed by atoms with Crippen molar-refractivity contribution in [1.82, 2.24) is 10.2 Å². The number of carbonyl (C=O) groups excluding carboxylic acids is 1. The van der Waals surface area contributed by atoms with Crippen LogP contribution in [0.15, 0.2) is 24.3 Å². The fourth-order valence-electron chi connectivity index (χ4n) is 2.64. The van der Waals surface area contributed by atoms with E-state index in [4.69, 9.17) is 4.74 Å². The van der Waals surface area contributed by atoms with Gasteiger partial charge in [-0.3, -0.25) is 4.79 Å². The molecule has 0 aliphatic carbocycles. The summed E-state index contributed by atoms with van der Waals surface area (Å²) in [4.78, 5) is 13.8. The van der Waals surface area contributed by atoms with Crippen molar-refractivity contribution in [3.05, 3.63) is 30.1 Å². The second-order valence-electron chi connectivity index (χ2n) is 5.85. The first-order valence-electron chi connectivity index (χ1n) is 7.98. The first kappa shape index (κ1) is 16.7. The fourth-order valence-corrected chi connectivity index (χ4v) is 2.64. The molecule has 0 radical (unpaired) electrons. The topological polar surface area (TPSA) is 41.6 Å². The first-order chi connectivity index (χ1) is 10.6. The maximum absolute atomic E-state index is 12.8. The Kier molecular flexibility index (Phi) is 6.65. The largest absolute Gasteiger partial charge is 0.492 e. The lowest BCUT2D eigenvalue weighted by atomic mass is 9.93. The third kappa shape index (κ3) is 5.64. The molecule has 0 aromatic heterocycles. The van der Waals surface area contributed by atoms with E-state index in [1.165, 1.54) is 25.0 Å². The third-order valence-electron chi connectivity index (χ3n) is 4.16. The van der Waals surface area contributed by atoms with Crippen molar-refractivity contribution in [2.24, 2.45) is 5.92 Å². The summed E-state index contributed by atoms with van der Waals surface area (Å²) in [6.07, 6.45) is 3.93. The summed E-state index contributed by atoms with van der Waals surface area (Å²) in [6, 6.07) is 5.91. The minimum Gasteiger partial charge on any atom is -0.492 e. The lowest BCUT2D eigenvalue weighted by Crippen LogP contribution is -2.32. The molecule has 2 rings (SSSR count). The zero-order valence-electron chi connectivity index (χ0n) is 13.2. The number of nitrogens with one attached hydrogen (secondary N) is 1. The second-order valence-corrected chi connectivity index (χ2v) is 5.85. The number of nitrogens with zero attached hydrogens (tertiary/aromatic N) is 1. The highest BCUT2D eigenvalue weighted by Gasteiger charge is 2.16. The van der Waals surface area contributed by atoms with Crippen molar-refractivity contribution < 1.29 is 13.9 Å². The monoisotopic (exact) mass is 308 g/mol. The van der Waals surface area contributed by atoms with Crippen molar-refractivity contribution in [1.29, 1.82) is 0 Å². The van der Waals surface area contributed by atoms with Gasteiger partial charge in [0.1, 0.15) is 18.2 Å². The molecule has 1 N–H and O–H groups in total. The second kappa shape index (κ2) is 8.73. The highest BCUT2D eigenvalue weighted by atomic mass is 19.1. The summed E-state index contributed by atoms with van der Waals surface area (Å²) in [6.45, 7) is 3.10. The van der Waals surface area contributed by atoms with Gasteiger partial charge in [0.25, 0.3) is 0 Å². The molecule has 1 amide bonds. The van der Waals surface area contributed by atoms with Crippen LogP contribution in [0.2, 0.25) is 0 Å². The van der Waals surface area contributed by atoms with Gasteiger partial charge in [0.15, 0.2) is 0 Å². The number of likely N-dealkylation sites (N-methyl/N-ethyl adjacent to an activating group) is 1. The van der Waals surface area contributed by atoms with Gasteiger partial charge in [-0.05, 0) is 62.5 Å². The van der Waals surface area contributed by atoms with Gasteiger partial charge >= 0.3 is 0 Å². The van der Waals surface area contributed by atoms with Gasteiger partial charge in [-0.2, -0.15) is 0 Å². The molecule has 0 bridgehead atoms. The van der Waals surface area contributed by atoms with Crippen molar-refractivity contribution in [2.75, 3.05) is 33.3 Å². The number of benzene rings is 1. The molecule has 1 aliphatic heterocycles. The Bertz CT molecular complexity index is 458. The third-order valence-corrected chi connectivity index (χ3v) is 4.16. The van der Waals surface area contributed by atoms with Crippen LogP contribution in [0.1, 0.15) is 25.7 Å². The van der Waals surface area contributed by atoms with E-state index in [9.17, 15) is 9.18 Å². The summed E-state index contributed by atoms with van der Waals surface area (Å²) in [5.74, 6) is 1.19. The molecular formula is C17H25FN2O2. The van der Waals surface area contributed by atoms with E-state index in [-0.39, 0.29) is 11.7 Å². The molecule has 1 saturated heterocycles. The smallest absolute Gasteiger partial charge is 0.222 e. The van der Waals surface area contributed by atoms with E-state index in [1.807, 2.05) is 0 Å². The maximum atomic E-state index is 12.8. The minimum absolute atomic E-state index is 0.168. The zero-order valence-corrected chi connectivity index (χ0v) is 13.2. The molecule has 1 aromatic rings. The van der Waals surface area contributed by atoms with Crippen molar-refractivity contribution >= 4 is 5.91 Å². The van der Waals surface area contributed by atoms with Gasteiger partial charge in [0, 0.05) is 13.5 Å². The molecule has 22 heavy (non-hydrogen) atoms. The number of ether oxygens (including phenoxy) is 1. The average molecular weight is 308 g/mol. The average Bonchev–Trinajstić information content (AvgIpc) is 2.55. The number of piperidine rings is 1. The predicted molar refractivity (Wildman–Crippen MR) is 84.4 cm³/mol. The molecular weight excluding hydrogens is 283 g/mol. The van der Waals surface area contributed by atoms with E-state index in [1.54, 1.807) is 24.1 Å². The maximum Gasteiger partial charge on any atom is 0.222 e. The zero-order chi connectivity index (χ0) is 15.8. The molecule has 1 heterocycles. The van der Waals surface area contributed by atoms with Crippen LogP contribution < -0.4 is 10.1 Å². The Morgan fingerprint density at radius 2 is 2.00 bits per heavy atom. The summed E-state index contributed by atoms with van der Waals surface area (Å²) >= 11 is 0. The molecule has 4 nitrogen and oxygen atoms in total. The van der Waals surface area contributed by atoms with E-state index >= 15 is 0 Å². The van der Waals surface area contributed by atoms with Gasteiger partial charge in [0.05, 0.1) is 6.54 Å². The van der Waals surface area contributed by atoms with E-state index in [0.717, 1.165) is 19.5 Å². The Morgan fingerprint density at radius 1 is 1.32 bits per heavy atom. The molecule has 0 spiro atoms. The van der Waals surface area contributed by atoms with Crippen molar-refractivity contribution in [3.8, 4) is 5.75 Å². The lowest BCUT2D eigenvalue weighted by Gasteiger charge is -2.23.